The van der Waals surface area contributed by atoms with Crippen LogP contribution < -0.4 is 0 Å². The van der Waals surface area contributed by atoms with Crippen LogP contribution in [0.25, 0.3) is 0 Å². The van der Waals surface area contributed by atoms with Crippen molar-refractivity contribution in [1.82, 2.24) is 9.80 Å². The zero-order valence-corrected chi connectivity index (χ0v) is 16.2. The maximum atomic E-state index is 2.34. The van der Waals surface area contributed by atoms with Gasteiger partial charge in [0.2, 0.25) is 0 Å². The molecule has 0 bridgehead atoms. The van der Waals surface area contributed by atoms with Crippen molar-refractivity contribution in [3.63, 3.8) is 0 Å². The molecule has 0 amide bonds. The van der Waals surface area contributed by atoms with Crippen LogP contribution in [0.2, 0.25) is 0 Å². The van der Waals surface area contributed by atoms with Gasteiger partial charge in [0.25, 0.3) is 0 Å². The third-order valence-corrected chi connectivity index (χ3v) is 5.29. The van der Waals surface area contributed by atoms with Crippen LogP contribution in [0.5, 0.6) is 0 Å². The average Bonchev–Trinajstić information content (AvgIpc) is 2.86. The highest BCUT2D eigenvalue weighted by Gasteiger charge is 2.18. The Balaban J connectivity index is 1.75. The Morgan fingerprint density at radius 2 is 0.913 bits per heavy atom. The molecule has 23 heavy (non-hydrogen) atoms. The average molecular weight is 323 g/mol. The Labute approximate surface area is 146 Å². The lowest BCUT2D eigenvalue weighted by atomic mass is 10.0. The predicted molar refractivity (Wildman–Crippen MR) is 103 cm³/mol. The maximum absolute atomic E-state index is 2.34. The summed E-state index contributed by atoms with van der Waals surface area (Å²) in [6.45, 7) is 2.29. The lowest BCUT2D eigenvalue weighted by Crippen LogP contribution is -2.33. The smallest absolute Gasteiger partial charge is 0.100 e. The molecule has 0 aliphatic carbocycles. The van der Waals surface area contributed by atoms with E-state index in [1.807, 2.05) is 0 Å². The lowest BCUT2D eigenvalue weighted by molar-refractivity contribution is 0.188. The number of rotatable bonds is 15. The summed E-state index contributed by atoms with van der Waals surface area (Å²) < 4.78 is 0. The van der Waals surface area contributed by atoms with E-state index in [1.165, 1.54) is 96.3 Å². The van der Waals surface area contributed by atoms with Gasteiger partial charge in [0.05, 0.1) is 0 Å². The molecule has 0 aromatic carbocycles. The first-order chi connectivity index (χ1) is 11.3. The quantitative estimate of drug-likeness (QED) is 0.316. The van der Waals surface area contributed by atoms with Crippen molar-refractivity contribution < 1.29 is 0 Å². The van der Waals surface area contributed by atoms with Crippen LogP contribution >= 0.6 is 0 Å². The summed E-state index contributed by atoms with van der Waals surface area (Å²) in [5.41, 5.74) is 0. The van der Waals surface area contributed by atoms with E-state index in [0.29, 0.717) is 6.17 Å². The molecule has 2 nitrogen and oxygen atoms in total. The standard InChI is InChI=1S/C21H42N2/c1-4-5-6-7-8-9-10-11-12-13-14-15-16-17-18-21-22(2)19-20-23(21)3/h19-21H,4-18H2,1-3H3. The predicted octanol–water partition coefficient (Wildman–Crippen LogP) is 6.53. The van der Waals surface area contributed by atoms with Crippen molar-refractivity contribution >= 4 is 0 Å². The zero-order chi connectivity index (χ0) is 16.8. The van der Waals surface area contributed by atoms with E-state index in [9.17, 15) is 0 Å². The van der Waals surface area contributed by atoms with E-state index >= 15 is 0 Å². The molecule has 2 heteroatoms. The molecule has 136 valence electrons. The summed E-state index contributed by atoms with van der Waals surface area (Å²) in [4.78, 5) is 4.67. The molecule has 0 atom stereocenters. The van der Waals surface area contributed by atoms with Gasteiger partial charge in [0.1, 0.15) is 6.17 Å². The Morgan fingerprint density at radius 3 is 1.30 bits per heavy atom. The van der Waals surface area contributed by atoms with Gasteiger partial charge in [-0.2, -0.15) is 0 Å². The van der Waals surface area contributed by atoms with E-state index in [2.05, 4.69) is 43.2 Å². The Kier molecular flexibility index (Phi) is 12.2. The Morgan fingerprint density at radius 1 is 0.565 bits per heavy atom. The summed E-state index contributed by atoms with van der Waals surface area (Å²) in [6.07, 6.45) is 26.5. The van der Waals surface area contributed by atoms with Gasteiger partial charge in [0, 0.05) is 26.5 Å². The SMILES string of the molecule is CCCCCCCCCCCCCCCCC1N(C)C=CN1C. The molecule has 1 heterocycles. The van der Waals surface area contributed by atoms with Gasteiger partial charge >= 0.3 is 0 Å². The van der Waals surface area contributed by atoms with E-state index in [0.717, 1.165) is 0 Å². The Hall–Kier alpha value is -0.660. The number of nitrogens with zero attached hydrogens (tertiary/aromatic N) is 2. The second-order valence-corrected chi connectivity index (χ2v) is 7.49. The first-order valence-electron chi connectivity index (χ1n) is 10.4. The minimum absolute atomic E-state index is 0.604. The minimum atomic E-state index is 0.604. The van der Waals surface area contributed by atoms with Crippen molar-refractivity contribution in [2.75, 3.05) is 14.1 Å². The fraction of sp³-hybridized carbons (Fsp3) is 0.905. The van der Waals surface area contributed by atoms with Gasteiger partial charge in [-0.3, -0.25) is 0 Å². The van der Waals surface area contributed by atoms with Gasteiger partial charge in [-0.05, 0) is 12.8 Å². The second-order valence-electron chi connectivity index (χ2n) is 7.49. The van der Waals surface area contributed by atoms with Crippen molar-refractivity contribution in [3.05, 3.63) is 12.4 Å². The van der Waals surface area contributed by atoms with E-state index in [-0.39, 0.29) is 0 Å². The molecule has 0 saturated carbocycles. The molecule has 0 unspecified atom stereocenters. The van der Waals surface area contributed by atoms with Crippen LogP contribution in [-0.4, -0.2) is 30.1 Å². The van der Waals surface area contributed by atoms with Crippen molar-refractivity contribution in [3.8, 4) is 0 Å². The zero-order valence-electron chi connectivity index (χ0n) is 16.2. The van der Waals surface area contributed by atoms with E-state index in [1.54, 1.807) is 0 Å². The van der Waals surface area contributed by atoms with Gasteiger partial charge in [0.15, 0.2) is 0 Å². The van der Waals surface area contributed by atoms with Crippen LogP contribution in [0, 0.1) is 0 Å². The summed E-state index contributed by atoms with van der Waals surface area (Å²) >= 11 is 0. The monoisotopic (exact) mass is 322 g/mol. The van der Waals surface area contributed by atoms with Crippen LogP contribution in [0.15, 0.2) is 12.4 Å². The van der Waals surface area contributed by atoms with Gasteiger partial charge in [-0.1, -0.05) is 90.4 Å². The molecular weight excluding hydrogens is 280 g/mol. The number of hydrogen-bond acceptors (Lipinski definition) is 2. The second kappa shape index (κ2) is 13.7. The highest BCUT2D eigenvalue weighted by molar-refractivity contribution is 4.93. The molecule has 0 saturated heterocycles. The lowest BCUT2D eigenvalue weighted by Gasteiger charge is -2.27. The van der Waals surface area contributed by atoms with Crippen LogP contribution in [0.3, 0.4) is 0 Å². The van der Waals surface area contributed by atoms with E-state index in [4.69, 9.17) is 0 Å². The fourth-order valence-corrected chi connectivity index (χ4v) is 3.63. The molecule has 1 aliphatic heterocycles. The van der Waals surface area contributed by atoms with Crippen LogP contribution in [-0.2, 0) is 0 Å². The summed E-state index contributed by atoms with van der Waals surface area (Å²) in [7, 11) is 4.38. The normalized spacial score (nSPS) is 15.1. The van der Waals surface area contributed by atoms with Gasteiger partial charge in [-0.25, -0.2) is 0 Å². The molecule has 0 N–H and O–H groups in total. The van der Waals surface area contributed by atoms with Gasteiger partial charge < -0.3 is 9.80 Å². The molecule has 0 radical (unpaired) electrons. The first kappa shape index (κ1) is 20.4. The van der Waals surface area contributed by atoms with Crippen molar-refractivity contribution in [2.45, 2.75) is 109 Å². The summed E-state index contributed by atoms with van der Waals surface area (Å²) in [5.74, 6) is 0. The highest BCUT2D eigenvalue weighted by atomic mass is 15.4. The van der Waals surface area contributed by atoms with E-state index < -0.39 is 0 Å². The van der Waals surface area contributed by atoms with Crippen LogP contribution in [0.4, 0.5) is 0 Å². The molecule has 1 aliphatic rings. The largest absolute Gasteiger partial charge is 0.359 e. The third-order valence-electron chi connectivity index (χ3n) is 5.29. The number of hydrogen-bond donors (Lipinski definition) is 0. The first-order valence-corrected chi connectivity index (χ1v) is 10.4. The number of unbranched alkanes of at least 4 members (excludes halogenated alkanes) is 13. The fourth-order valence-electron chi connectivity index (χ4n) is 3.63. The molecular formula is C21H42N2. The van der Waals surface area contributed by atoms with Crippen molar-refractivity contribution in [2.24, 2.45) is 0 Å². The molecule has 0 spiro atoms. The topological polar surface area (TPSA) is 6.48 Å². The molecule has 0 aromatic heterocycles. The molecule has 0 fully saturated rings. The Bertz CT molecular complexity index is 276. The third kappa shape index (κ3) is 9.94. The molecule has 1 rings (SSSR count). The summed E-state index contributed by atoms with van der Waals surface area (Å²) in [5, 5.41) is 0. The maximum Gasteiger partial charge on any atom is 0.100 e. The van der Waals surface area contributed by atoms with Crippen LogP contribution in [0.1, 0.15) is 103 Å². The minimum Gasteiger partial charge on any atom is -0.359 e. The molecule has 0 aromatic rings. The van der Waals surface area contributed by atoms with Gasteiger partial charge in [-0.15, -0.1) is 0 Å². The summed E-state index contributed by atoms with van der Waals surface area (Å²) in [6, 6.07) is 0. The highest BCUT2D eigenvalue weighted by Crippen LogP contribution is 2.19. The van der Waals surface area contributed by atoms with Crippen molar-refractivity contribution in [1.29, 1.82) is 0 Å².